The van der Waals surface area contributed by atoms with E-state index in [-0.39, 0.29) is 30.9 Å². The van der Waals surface area contributed by atoms with Crippen molar-refractivity contribution in [2.24, 2.45) is 0 Å². The molecule has 0 radical (unpaired) electrons. The van der Waals surface area contributed by atoms with Crippen LogP contribution >= 0.6 is 24.0 Å². The number of carbonyl (C=O) groups excluding carboxylic acids is 2. The van der Waals surface area contributed by atoms with Gasteiger partial charge in [-0.3, -0.25) is 4.79 Å². The first-order valence-electron chi connectivity index (χ1n) is 7.55. The van der Waals surface area contributed by atoms with Crippen molar-refractivity contribution in [2.45, 2.75) is 13.0 Å². The lowest BCUT2D eigenvalue weighted by Crippen LogP contribution is -2.42. The first-order valence-corrected chi connectivity index (χ1v) is 7.93. The maximum absolute atomic E-state index is 11.7. The molecular weight excluding hydrogens is 351 g/mol. The molecule has 1 aliphatic rings. The van der Waals surface area contributed by atoms with Crippen LogP contribution in [0.1, 0.15) is 12.0 Å². The van der Waals surface area contributed by atoms with Crippen LogP contribution in [-0.2, 0) is 11.3 Å². The average molecular weight is 373 g/mol. The molecule has 1 aliphatic heterocycles. The van der Waals surface area contributed by atoms with Gasteiger partial charge in [-0.25, -0.2) is 4.79 Å². The second kappa shape index (κ2) is 10.9. The largest absolute Gasteiger partial charge is 0.351 e. The van der Waals surface area contributed by atoms with Crippen molar-refractivity contribution >= 4 is 35.9 Å². The van der Waals surface area contributed by atoms with Gasteiger partial charge >= 0.3 is 6.03 Å². The lowest BCUT2D eigenvalue weighted by atomic mass is 10.1. The number of carbonyl (C=O) groups is 2. The smallest absolute Gasteiger partial charge is 0.315 e. The highest BCUT2D eigenvalue weighted by atomic mass is 35.5. The van der Waals surface area contributed by atoms with E-state index in [4.69, 9.17) is 11.6 Å². The van der Waals surface area contributed by atoms with Crippen molar-refractivity contribution in [1.82, 2.24) is 21.3 Å². The van der Waals surface area contributed by atoms with Crippen molar-refractivity contribution < 1.29 is 9.59 Å². The maximum atomic E-state index is 11.7. The second-order valence-corrected chi connectivity index (χ2v) is 5.69. The third kappa shape index (κ3) is 7.68. The number of rotatable bonds is 6. The topological polar surface area (TPSA) is 82.3 Å². The molecule has 8 heteroatoms. The average Bonchev–Trinajstić information content (AvgIpc) is 2.58. The van der Waals surface area contributed by atoms with Gasteiger partial charge in [-0.05, 0) is 30.7 Å². The zero-order valence-electron chi connectivity index (χ0n) is 13.2. The van der Waals surface area contributed by atoms with E-state index >= 15 is 0 Å². The van der Waals surface area contributed by atoms with Crippen LogP contribution in [0, 0.1) is 0 Å². The Morgan fingerprint density at radius 2 is 1.83 bits per heavy atom. The molecule has 0 unspecified atom stereocenters. The highest BCUT2D eigenvalue weighted by Crippen LogP contribution is 2.08. The van der Waals surface area contributed by atoms with E-state index in [9.17, 15) is 9.59 Å². The molecule has 0 spiro atoms. The van der Waals surface area contributed by atoms with Crippen molar-refractivity contribution in [1.29, 1.82) is 0 Å². The molecule has 0 atom stereocenters. The standard InChI is InChI=1S/C16H21ClN4O2.ClH/c17-14-3-1-12(2-4-14)10-20-16(23)21-11-15(22)19-9-13-5-7-18-8-6-13;/h1-5,18H,6-11H2,(H,19,22)(H2,20,21,23);1H. The van der Waals surface area contributed by atoms with Gasteiger partial charge in [0.15, 0.2) is 0 Å². The van der Waals surface area contributed by atoms with Crippen LogP contribution in [0.2, 0.25) is 5.02 Å². The van der Waals surface area contributed by atoms with Gasteiger partial charge in [-0.2, -0.15) is 0 Å². The normalized spacial score (nSPS) is 13.3. The summed E-state index contributed by atoms with van der Waals surface area (Å²) in [6.45, 7) is 2.65. The molecule has 2 rings (SSSR count). The molecule has 4 N–H and O–H groups in total. The number of hydrogen-bond donors (Lipinski definition) is 4. The first-order chi connectivity index (χ1) is 11.1. The Hall–Kier alpha value is -1.76. The van der Waals surface area contributed by atoms with E-state index in [1.165, 1.54) is 5.57 Å². The van der Waals surface area contributed by atoms with Gasteiger partial charge < -0.3 is 21.3 Å². The number of amides is 3. The summed E-state index contributed by atoms with van der Waals surface area (Å²) in [5.74, 6) is -0.203. The van der Waals surface area contributed by atoms with Crippen LogP contribution in [0.25, 0.3) is 0 Å². The zero-order chi connectivity index (χ0) is 16.5. The summed E-state index contributed by atoms with van der Waals surface area (Å²) in [6, 6.07) is 6.82. The summed E-state index contributed by atoms with van der Waals surface area (Å²) < 4.78 is 0. The minimum Gasteiger partial charge on any atom is -0.351 e. The van der Waals surface area contributed by atoms with E-state index in [1.54, 1.807) is 12.1 Å². The SMILES string of the molecule is Cl.O=C(CNC(=O)NCc1ccc(Cl)cc1)NCC1=CCNCC1. The Balaban J connectivity index is 0.00000288. The van der Waals surface area contributed by atoms with Gasteiger partial charge in [0.2, 0.25) is 5.91 Å². The van der Waals surface area contributed by atoms with Gasteiger partial charge in [-0.1, -0.05) is 35.4 Å². The Bertz CT molecular complexity index is 576. The van der Waals surface area contributed by atoms with Gasteiger partial charge in [0.05, 0.1) is 6.54 Å². The summed E-state index contributed by atoms with van der Waals surface area (Å²) in [7, 11) is 0. The third-order valence-electron chi connectivity index (χ3n) is 3.45. The Morgan fingerprint density at radius 3 is 2.50 bits per heavy atom. The number of urea groups is 1. The molecule has 0 bridgehead atoms. The molecule has 6 nitrogen and oxygen atoms in total. The van der Waals surface area contributed by atoms with E-state index in [2.05, 4.69) is 27.3 Å². The number of hydrogen-bond acceptors (Lipinski definition) is 3. The summed E-state index contributed by atoms with van der Waals surface area (Å²) in [5, 5.41) is 11.9. The zero-order valence-corrected chi connectivity index (χ0v) is 14.8. The van der Waals surface area contributed by atoms with Crippen LogP contribution in [-0.4, -0.2) is 38.1 Å². The summed E-state index contributed by atoms with van der Waals surface area (Å²) in [4.78, 5) is 23.3. The highest BCUT2D eigenvalue weighted by molar-refractivity contribution is 6.30. The lowest BCUT2D eigenvalue weighted by Gasteiger charge is -2.14. The summed E-state index contributed by atoms with van der Waals surface area (Å²) in [6.07, 6.45) is 3.02. The van der Waals surface area contributed by atoms with Gasteiger partial charge in [0.1, 0.15) is 0 Å². The molecular formula is C16H22Cl2N4O2. The highest BCUT2D eigenvalue weighted by Gasteiger charge is 2.07. The Morgan fingerprint density at radius 1 is 1.08 bits per heavy atom. The van der Waals surface area contributed by atoms with Gasteiger partial charge in [0, 0.05) is 24.7 Å². The van der Waals surface area contributed by atoms with E-state index in [0.29, 0.717) is 18.1 Å². The number of nitrogens with one attached hydrogen (secondary N) is 4. The molecule has 0 aliphatic carbocycles. The molecule has 0 saturated heterocycles. The van der Waals surface area contributed by atoms with Crippen molar-refractivity contribution in [3.8, 4) is 0 Å². The quantitative estimate of drug-likeness (QED) is 0.572. The lowest BCUT2D eigenvalue weighted by molar-refractivity contribution is -0.119. The van der Waals surface area contributed by atoms with Crippen LogP contribution in [0.3, 0.4) is 0 Å². The third-order valence-corrected chi connectivity index (χ3v) is 3.70. The monoisotopic (exact) mass is 372 g/mol. The van der Waals surface area contributed by atoms with Crippen LogP contribution in [0.5, 0.6) is 0 Å². The first kappa shape index (κ1) is 20.3. The fourth-order valence-corrected chi connectivity index (χ4v) is 2.24. The van der Waals surface area contributed by atoms with Crippen LogP contribution < -0.4 is 21.3 Å². The Kier molecular flexibility index (Phi) is 9.22. The maximum Gasteiger partial charge on any atom is 0.315 e. The molecule has 3 amide bonds. The molecule has 132 valence electrons. The molecule has 1 aromatic carbocycles. The van der Waals surface area contributed by atoms with Crippen molar-refractivity contribution in [3.05, 3.63) is 46.5 Å². The fraction of sp³-hybridized carbons (Fsp3) is 0.375. The Labute approximate surface area is 152 Å². The molecule has 0 aromatic heterocycles. The van der Waals surface area contributed by atoms with Gasteiger partial charge in [-0.15, -0.1) is 12.4 Å². The summed E-state index contributed by atoms with van der Waals surface area (Å²) in [5.41, 5.74) is 2.15. The molecule has 1 aromatic rings. The molecule has 1 heterocycles. The minimum absolute atomic E-state index is 0. The van der Waals surface area contributed by atoms with Crippen molar-refractivity contribution in [3.63, 3.8) is 0 Å². The van der Waals surface area contributed by atoms with E-state index in [0.717, 1.165) is 25.1 Å². The fourth-order valence-electron chi connectivity index (χ4n) is 2.11. The summed E-state index contributed by atoms with van der Waals surface area (Å²) >= 11 is 5.79. The van der Waals surface area contributed by atoms with Gasteiger partial charge in [0.25, 0.3) is 0 Å². The molecule has 0 saturated carbocycles. The number of benzene rings is 1. The predicted octanol–water partition coefficient (Wildman–Crippen LogP) is 1.60. The van der Waals surface area contributed by atoms with Crippen LogP contribution in [0.15, 0.2) is 35.9 Å². The van der Waals surface area contributed by atoms with E-state index in [1.807, 2.05) is 12.1 Å². The van der Waals surface area contributed by atoms with Crippen molar-refractivity contribution in [2.75, 3.05) is 26.2 Å². The number of halogens is 2. The second-order valence-electron chi connectivity index (χ2n) is 5.26. The predicted molar refractivity (Wildman–Crippen MR) is 97.5 cm³/mol. The molecule has 24 heavy (non-hydrogen) atoms. The molecule has 0 fully saturated rings. The van der Waals surface area contributed by atoms with Crippen LogP contribution in [0.4, 0.5) is 4.79 Å². The minimum atomic E-state index is -0.379. The van der Waals surface area contributed by atoms with E-state index < -0.39 is 0 Å².